The molecule has 0 saturated carbocycles. The second-order valence-corrected chi connectivity index (χ2v) is 10.3. The SMILES string of the molecule is Cc1cc(S(=O)(=O)N2c3ccccc3NC(=O)[C@H]2C(C)c2ccc(N)cc2)c(C)cc1Cl. The molecule has 0 aliphatic carbocycles. The van der Waals surface area contributed by atoms with E-state index < -0.39 is 22.0 Å². The monoisotopic (exact) mass is 469 g/mol. The number of rotatable bonds is 4. The summed E-state index contributed by atoms with van der Waals surface area (Å²) in [5.74, 6) is -0.827. The van der Waals surface area contributed by atoms with Crippen LogP contribution in [0.5, 0.6) is 0 Å². The minimum absolute atomic E-state index is 0.124. The standard InChI is InChI=1S/C24H24ClN3O3S/c1-14-13-22(15(2)12-19(14)25)32(30,31)28-21-7-5-4-6-20(21)27-24(29)23(28)16(3)17-8-10-18(26)11-9-17/h4-13,16,23H,26H2,1-3H3,(H,27,29)/t16?,23-/m1/s1. The molecule has 4 rings (SSSR count). The van der Waals surface area contributed by atoms with E-state index in [1.165, 1.54) is 4.31 Å². The van der Waals surface area contributed by atoms with E-state index in [-0.39, 0.29) is 10.8 Å². The third kappa shape index (κ3) is 3.72. The van der Waals surface area contributed by atoms with Gasteiger partial charge in [-0.15, -0.1) is 0 Å². The summed E-state index contributed by atoms with van der Waals surface area (Å²) in [7, 11) is -4.10. The van der Waals surface area contributed by atoms with Gasteiger partial charge in [0.05, 0.1) is 16.3 Å². The zero-order chi connectivity index (χ0) is 23.2. The summed E-state index contributed by atoms with van der Waals surface area (Å²) in [6.07, 6.45) is 0. The minimum atomic E-state index is -4.10. The number of halogens is 1. The van der Waals surface area contributed by atoms with Crippen LogP contribution in [0.3, 0.4) is 0 Å². The first kappa shape index (κ1) is 22.2. The fourth-order valence-electron chi connectivity index (χ4n) is 4.06. The Kier molecular flexibility index (Phi) is 5.65. The molecule has 0 fully saturated rings. The lowest BCUT2D eigenvalue weighted by atomic mass is 9.91. The topological polar surface area (TPSA) is 92.5 Å². The molecule has 0 spiro atoms. The van der Waals surface area contributed by atoms with E-state index in [1.807, 2.05) is 19.1 Å². The van der Waals surface area contributed by atoms with Crippen LogP contribution >= 0.6 is 11.6 Å². The molecule has 3 N–H and O–H groups in total. The van der Waals surface area contributed by atoms with Crippen LogP contribution in [0.15, 0.2) is 65.6 Å². The molecule has 3 aromatic rings. The van der Waals surface area contributed by atoms with Gasteiger partial charge >= 0.3 is 0 Å². The lowest BCUT2D eigenvalue weighted by molar-refractivity contribution is -0.117. The van der Waals surface area contributed by atoms with Crippen molar-refractivity contribution in [1.29, 1.82) is 0 Å². The van der Waals surface area contributed by atoms with Crippen LogP contribution in [0.4, 0.5) is 17.1 Å². The van der Waals surface area contributed by atoms with Crippen LogP contribution in [0.25, 0.3) is 0 Å². The molecule has 1 aliphatic heterocycles. The number of nitrogens with one attached hydrogen (secondary N) is 1. The van der Waals surface area contributed by atoms with Crippen LogP contribution in [0, 0.1) is 13.8 Å². The Balaban J connectivity index is 1.93. The van der Waals surface area contributed by atoms with Crippen molar-refractivity contribution >= 4 is 44.6 Å². The number of nitrogen functional groups attached to an aromatic ring is 1. The predicted molar refractivity (Wildman–Crippen MR) is 129 cm³/mol. The average Bonchev–Trinajstić information content (AvgIpc) is 2.75. The number of aryl methyl sites for hydroxylation is 2. The van der Waals surface area contributed by atoms with Crippen molar-refractivity contribution in [3.05, 3.63) is 82.4 Å². The Bertz CT molecular complexity index is 1310. The number of anilines is 3. The van der Waals surface area contributed by atoms with Crippen molar-refractivity contribution in [2.45, 2.75) is 37.6 Å². The lowest BCUT2D eigenvalue weighted by Gasteiger charge is -2.40. The number of nitrogens with two attached hydrogens (primary N) is 1. The van der Waals surface area contributed by atoms with Gasteiger partial charge in [0.15, 0.2) is 0 Å². The van der Waals surface area contributed by atoms with Crippen LogP contribution in [0.1, 0.15) is 29.5 Å². The molecule has 1 heterocycles. The molecular formula is C24H24ClN3O3S. The largest absolute Gasteiger partial charge is 0.399 e. The fraction of sp³-hybridized carbons (Fsp3) is 0.208. The quantitative estimate of drug-likeness (QED) is 0.534. The van der Waals surface area contributed by atoms with Gasteiger partial charge in [-0.1, -0.05) is 42.8 Å². The van der Waals surface area contributed by atoms with Crippen LogP contribution in [-0.2, 0) is 14.8 Å². The molecule has 32 heavy (non-hydrogen) atoms. The van der Waals surface area contributed by atoms with Crippen molar-refractivity contribution in [3.8, 4) is 0 Å². The zero-order valence-electron chi connectivity index (χ0n) is 18.0. The normalized spacial score (nSPS) is 16.9. The van der Waals surface area contributed by atoms with Gasteiger partial charge in [0.1, 0.15) is 6.04 Å². The number of para-hydroxylation sites is 2. The van der Waals surface area contributed by atoms with Crippen LogP contribution < -0.4 is 15.4 Å². The van der Waals surface area contributed by atoms with Crippen molar-refractivity contribution in [1.82, 2.24) is 0 Å². The summed E-state index contributed by atoms with van der Waals surface area (Å²) in [4.78, 5) is 13.4. The molecule has 1 aliphatic rings. The molecule has 6 nitrogen and oxygen atoms in total. The van der Waals surface area contributed by atoms with Gasteiger partial charge in [0.2, 0.25) is 5.91 Å². The highest BCUT2D eigenvalue weighted by Gasteiger charge is 2.44. The number of sulfonamides is 1. The Morgan fingerprint density at radius 2 is 1.69 bits per heavy atom. The second kappa shape index (κ2) is 8.15. The number of hydrogen-bond donors (Lipinski definition) is 2. The van der Waals surface area contributed by atoms with Gasteiger partial charge in [0, 0.05) is 16.6 Å². The van der Waals surface area contributed by atoms with E-state index in [0.29, 0.717) is 33.2 Å². The molecular weight excluding hydrogens is 446 g/mol. The highest BCUT2D eigenvalue weighted by molar-refractivity contribution is 7.93. The van der Waals surface area contributed by atoms with E-state index in [4.69, 9.17) is 17.3 Å². The molecule has 1 amide bonds. The van der Waals surface area contributed by atoms with Crippen LogP contribution in [0.2, 0.25) is 5.02 Å². The van der Waals surface area contributed by atoms with Gasteiger partial charge in [-0.25, -0.2) is 8.42 Å². The summed E-state index contributed by atoms with van der Waals surface area (Å²) in [6, 6.07) is 16.2. The van der Waals surface area contributed by atoms with Crippen molar-refractivity contribution < 1.29 is 13.2 Å². The van der Waals surface area contributed by atoms with Gasteiger partial charge in [-0.2, -0.15) is 0 Å². The van der Waals surface area contributed by atoms with Crippen LogP contribution in [-0.4, -0.2) is 20.4 Å². The zero-order valence-corrected chi connectivity index (χ0v) is 19.5. The van der Waals surface area contributed by atoms with Crippen molar-refractivity contribution in [3.63, 3.8) is 0 Å². The maximum Gasteiger partial charge on any atom is 0.265 e. The van der Waals surface area contributed by atoms with Crippen molar-refractivity contribution in [2.24, 2.45) is 0 Å². The summed E-state index contributed by atoms with van der Waals surface area (Å²) >= 11 is 6.22. The molecule has 8 heteroatoms. The fourth-order valence-corrected chi connectivity index (χ4v) is 6.28. The number of nitrogens with zero attached hydrogens (tertiary/aromatic N) is 1. The number of amides is 1. The minimum Gasteiger partial charge on any atom is -0.399 e. The molecule has 166 valence electrons. The van der Waals surface area contributed by atoms with E-state index >= 15 is 0 Å². The third-order valence-electron chi connectivity index (χ3n) is 5.85. The summed E-state index contributed by atoms with van der Waals surface area (Å²) in [6.45, 7) is 5.30. The first-order chi connectivity index (χ1) is 15.1. The first-order valence-electron chi connectivity index (χ1n) is 10.2. The van der Waals surface area contributed by atoms with Crippen molar-refractivity contribution in [2.75, 3.05) is 15.4 Å². The first-order valence-corrected chi connectivity index (χ1v) is 12.0. The molecule has 1 unspecified atom stereocenters. The lowest BCUT2D eigenvalue weighted by Crippen LogP contribution is -2.53. The van der Waals surface area contributed by atoms with Gasteiger partial charge in [-0.3, -0.25) is 9.10 Å². The van der Waals surface area contributed by atoms with E-state index in [2.05, 4.69) is 5.32 Å². The number of benzene rings is 3. The van der Waals surface area contributed by atoms with Gasteiger partial charge in [-0.05, 0) is 66.9 Å². The maximum atomic E-state index is 14.1. The molecule has 0 radical (unpaired) electrons. The highest BCUT2D eigenvalue weighted by Crippen LogP contribution is 2.41. The number of carbonyl (C=O) groups excluding carboxylic acids is 1. The average molecular weight is 470 g/mol. The second-order valence-electron chi connectivity index (χ2n) is 8.07. The Hall–Kier alpha value is -3.03. The summed E-state index contributed by atoms with van der Waals surface area (Å²) in [5.41, 5.74) is 9.25. The number of fused-ring (bicyclic) bond motifs is 1. The predicted octanol–water partition coefficient (Wildman–Crippen LogP) is 4.86. The number of hydrogen-bond acceptors (Lipinski definition) is 4. The van der Waals surface area contributed by atoms with E-state index in [9.17, 15) is 13.2 Å². The van der Waals surface area contributed by atoms with E-state index in [1.54, 1.807) is 62.4 Å². The smallest absolute Gasteiger partial charge is 0.265 e. The third-order valence-corrected chi connectivity index (χ3v) is 8.19. The molecule has 0 aromatic heterocycles. The maximum absolute atomic E-state index is 14.1. The molecule has 0 bridgehead atoms. The summed E-state index contributed by atoms with van der Waals surface area (Å²) in [5, 5.41) is 3.36. The van der Waals surface area contributed by atoms with Gasteiger partial charge < -0.3 is 11.1 Å². The Labute approximate surface area is 193 Å². The Morgan fingerprint density at radius 1 is 1.03 bits per heavy atom. The van der Waals surface area contributed by atoms with E-state index in [0.717, 1.165) is 5.56 Å². The summed E-state index contributed by atoms with van der Waals surface area (Å²) < 4.78 is 29.4. The highest BCUT2D eigenvalue weighted by atomic mass is 35.5. The van der Waals surface area contributed by atoms with Gasteiger partial charge in [0.25, 0.3) is 10.0 Å². The molecule has 2 atom stereocenters. The number of carbonyl (C=O) groups is 1. The Morgan fingerprint density at radius 3 is 2.38 bits per heavy atom. The molecule has 3 aromatic carbocycles. The molecule has 0 saturated heterocycles.